The van der Waals surface area contributed by atoms with E-state index < -0.39 is 0 Å². The van der Waals surface area contributed by atoms with Gasteiger partial charge in [-0.05, 0) is 72.8 Å². The van der Waals surface area contributed by atoms with Crippen molar-refractivity contribution in [2.45, 2.75) is 0 Å². The molecule has 14 rings (SSSR count). The molecule has 0 saturated heterocycles. The molecular formula is C58H33N7O. The van der Waals surface area contributed by atoms with Crippen LogP contribution < -0.4 is 0 Å². The Balaban J connectivity index is 1.01. The maximum atomic E-state index is 11.1. The fourth-order valence-corrected chi connectivity index (χ4v) is 10.3. The van der Waals surface area contributed by atoms with Crippen molar-refractivity contribution in [1.82, 2.24) is 28.7 Å². The van der Waals surface area contributed by atoms with Gasteiger partial charge in [-0.1, -0.05) is 127 Å². The van der Waals surface area contributed by atoms with E-state index >= 15 is 0 Å². The first-order chi connectivity index (χ1) is 32.7. The number of nitriles is 1. The highest BCUT2D eigenvalue weighted by molar-refractivity contribution is 6.28. The lowest BCUT2D eigenvalue weighted by Crippen LogP contribution is -2.06. The van der Waals surface area contributed by atoms with Crippen LogP contribution in [0.2, 0.25) is 0 Å². The molecule has 0 aliphatic rings. The standard InChI is InChI=1S/C58H33N7O/c59-34-37-33-36(57-60-56(35-15-3-1-4-16-35)61-58(62-57)65-49-25-13-7-19-39(49)40-20-8-14-26-50(40)65)27-31-46(37)64-48-24-12-10-22-42(48)44-28-29-45-52-51(66-55(45)54(44)64)32-30-43-41-21-9-11-23-47(41)63(53(43)52)38-17-5-2-6-18-38/h1-33H. The van der Waals surface area contributed by atoms with Crippen LogP contribution in [0.1, 0.15) is 5.56 Å². The van der Waals surface area contributed by atoms with Gasteiger partial charge in [0.05, 0.1) is 49.7 Å². The molecule has 0 N–H and O–H groups in total. The molecule has 0 aliphatic heterocycles. The molecule has 14 aromatic rings. The highest BCUT2D eigenvalue weighted by Crippen LogP contribution is 2.45. The quantitative estimate of drug-likeness (QED) is 0.172. The number of fused-ring (bicyclic) bond motifs is 14. The van der Waals surface area contributed by atoms with Gasteiger partial charge in [0.25, 0.3) is 0 Å². The Morgan fingerprint density at radius 3 is 1.58 bits per heavy atom. The van der Waals surface area contributed by atoms with Gasteiger partial charge in [-0.25, -0.2) is 4.98 Å². The Morgan fingerprint density at radius 1 is 0.409 bits per heavy atom. The molecule has 8 heteroatoms. The van der Waals surface area contributed by atoms with Gasteiger partial charge >= 0.3 is 0 Å². The Hall–Kier alpha value is -9.32. The van der Waals surface area contributed by atoms with Crippen LogP contribution in [0.25, 0.3) is 127 Å². The van der Waals surface area contributed by atoms with E-state index in [1.807, 2.05) is 72.8 Å². The Bertz CT molecular complexity index is 4310. The lowest BCUT2D eigenvalue weighted by molar-refractivity contribution is 0.671. The second-order valence-electron chi connectivity index (χ2n) is 16.7. The molecule has 5 heterocycles. The molecule has 8 nitrogen and oxygen atoms in total. The summed E-state index contributed by atoms with van der Waals surface area (Å²) >= 11 is 0. The van der Waals surface area contributed by atoms with Crippen molar-refractivity contribution < 1.29 is 4.42 Å². The molecule has 0 aliphatic carbocycles. The first-order valence-electron chi connectivity index (χ1n) is 21.9. The fourth-order valence-electron chi connectivity index (χ4n) is 10.3. The zero-order chi connectivity index (χ0) is 43.5. The number of para-hydroxylation sites is 5. The smallest absolute Gasteiger partial charge is 0.238 e. The molecule has 0 atom stereocenters. The topological polar surface area (TPSA) is 90.4 Å². The summed E-state index contributed by atoms with van der Waals surface area (Å²) in [4.78, 5) is 15.4. The fraction of sp³-hybridized carbons (Fsp3) is 0. The van der Waals surface area contributed by atoms with Crippen LogP contribution in [0.15, 0.2) is 205 Å². The second kappa shape index (κ2) is 13.8. The molecule has 0 fully saturated rings. The van der Waals surface area contributed by atoms with Gasteiger partial charge in [-0.2, -0.15) is 15.2 Å². The van der Waals surface area contributed by atoms with Gasteiger partial charge in [-0.15, -0.1) is 0 Å². The molecule has 0 unspecified atom stereocenters. The van der Waals surface area contributed by atoms with Gasteiger partial charge < -0.3 is 13.6 Å². The van der Waals surface area contributed by atoms with Gasteiger partial charge in [-0.3, -0.25) is 4.57 Å². The SMILES string of the molecule is N#Cc1cc(-c2nc(-c3ccccc3)nc(-n3c4ccccc4c4ccccc43)n2)ccc1-n1c2ccccc2c2ccc3c(oc4ccc5c6ccccc6n(-c6ccccc6)c5c43)c21. The summed E-state index contributed by atoms with van der Waals surface area (Å²) in [5.41, 5.74) is 11.4. The van der Waals surface area contributed by atoms with E-state index in [1.165, 1.54) is 5.39 Å². The predicted molar refractivity (Wildman–Crippen MR) is 266 cm³/mol. The minimum atomic E-state index is 0.462. The second-order valence-corrected chi connectivity index (χ2v) is 16.7. The summed E-state index contributed by atoms with van der Waals surface area (Å²) in [5.74, 6) is 1.49. The van der Waals surface area contributed by atoms with Crippen LogP contribution in [0.3, 0.4) is 0 Å². The van der Waals surface area contributed by atoms with Crippen molar-refractivity contribution in [2.24, 2.45) is 0 Å². The molecular weight excluding hydrogens is 811 g/mol. The van der Waals surface area contributed by atoms with E-state index in [1.54, 1.807) is 0 Å². The summed E-state index contributed by atoms with van der Waals surface area (Å²) < 4.78 is 13.7. The highest BCUT2D eigenvalue weighted by atomic mass is 16.3. The van der Waals surface area contributed by atoms with E-state index in [9.17, 15) is 5.26 Å². The molecule has 0 bridgehead atoms. The lowest BCUT2D eigenvalue weighted by Gasteiger charge is -2.13. The first kappa shape index (κ1) is 36.2. The molecule has 0 radical (unpaired) electrons. The van der Waals surface area contributed by atoms with E-state index in [2.05, 4.69) is 147 Å². The van der Waals surface area contributed by atoms with Crippen LogP contribution in [-0.2, 0) is 0 Å². The van der Waals surface area contributed by atoms with E-state index in [0.29, 0.717) is 28.7 Å². The van der Waals surface area contributed by atoms with Crippen molar-refractivity contribution in [3.63, 3.8) is 0 Å². The third-order valence-corrected chi connectivity index (χ3v) is 13.1. The zero-order valence-corrected chi connectivity index (χ0v) is 35.1. The van der Waals surface area contributed by atoms with E-state index in [4.69, 9.17) is 19.4 Å². The van der Waals surface area contributed by atoms with Crippen molar-refractivity contribution in [3.05, 3.63) is 206 Å². The van der Waals surface area contributed by atoms with Crippen LogP contribution >= 0.6 is 0 Å². The summed E-state index contributed by atoms with van der Waals surface area (Å²) in [6, 6.07) is 71.2. The molecule has 0 saturated carbocycles. The van der Waals surface area contributed by atoms with E-state index in [-0.39, 0.29) is 0 Å². The van der Waals surface area contributed by atoms with Gasteiger partial charge in [0.2, 0.25) is 5.95 Å². The van der Waals surface area contributed by atoms with Crippen LogP contribution in [0.4, 0.5) is 0 Å². The normalized spacial score (nSPS) is 11.9. The summed E-state index contributed by atoms with van der Waals surface area (Å²) in [6.07, 6.45) is 0. The van der Waals surface area contributed by atoms with Crippen molar-refractivity contribution >= 4 is 87.4 Å². The van der Waals surface area contributed by atoms with E-state index in [0.717, 1.165) is 98.9 Å². The van der Waals surface area contributed by atoms with Crippen molar-refractivity contribution in [3.8, 4) is 46.2 Å². The lowest BCUT2D eigenvalue weighted by atomic mass is 10.1. The van der Waals surface area contributed by atoms with Gasteiger partial charge in [0, 0.05) is 54.5 Å². The summed E-state index contributed by atoms with van der Waals surface area (Å²) in [5, 5.41) is 19.8. The third-order valence-electron chi connectivity index (χ3n) is 13.1. The molecule has 5 aromatic heterocycles. The van der Waals surface area contributed by atoms with Crippen molar-refractivity contribution in [1.29, 1.82) is 5.26 Å². The number of furan rings is 1. The van der Waals surface area contributed by atoms with Gasteiger partial charge in [0.15, 0.2) is 17.2 Å². The van der Waals surface area contributed by atoms with Crippen LogP contribution in [-0.4, -0.2) is 28.7 Å². The number of aromatic nitrogens is 6. The number of hydrogen-bond acceptors (Lipinski definition) is 5. The maximum absolute atomic E-state index is 11.1. The molecule has 0 amide bonds. The third kappa shape index (κ3) is 5.11. The number of benzene rings is 9. The monoisotopic (exact) mass is 843 g/mol. The number of nitrogens with zero attached hydrogens (tertiary/aromatic N) is 7. The molecule has 9 aromatic carbocycles. The predicted octanol–water partition coefficient (Wildman–Crippen LogP) is 14.3. The highest BCUT2D eigenvalue weighted by Gasteiger charge is 2.25. The van der Waals surface area contributed by atoms with Crippen LogP contribution in [0.5, 0.6) is 0 Å². The molecule has 66 heavy (non-hydrogen) atoms. The minimum absolute atomic E-state index is 0.462. The van der Waals surface area contributed by atoms with Crippen LogP contribution in [0, 0.1) is 11.3 Å². The zero-order valence-electron chi connectivity index (χ0n) is 35.1. The Labute approximate surface area is 376 Å². The largest absolute Gasteiger partial charge is 0.454 e. The summed E-state index contributed by atoms with van der Waals surface area (Å²) in [6.45, 7) is 0. The van der Waals surface area contributed by atoms with Gasteiger partial charge in [0.1, 0.15) is 11.7 Å². The average molecular weight is 844 g/mol. The molecule has 0 spiro atoms. The maximum Gasteiger partial charge on any atom is 0.238 e. The first-order valence-corrected chi connectivity index (χ1v) is 21.9. The Kier molecular flexibility index (Phi) is 7.59. The summed E-state index contributed by atoms with van der Waals surface area (Å²) in [7, 11) is 0. The Morgan fingerprint density at radius 2 is 0.924 bits per heavy atom. The number of rotatable bonds is 5. The number of hydrogen-bond donors (Lipinski definition) is 0. The average Bonchev–Trinajstić information content (AvgIpc) is 4.13. The van der Waals surface area contributed by atoms with Crippen molar-refractivity contribution in [2.75, 3.05) is 0 Å². The molecule has 306 valence electrons. The minimum Gasteiger partial charge on any atom is -0.454 e.